The Morgan fingerprint density at radius 3 is 2.30 bits per heavy atom. The fourth-order valence-corrected chi connectivity index (χ4v) is 2.11. The Hall–Kier alpha value is -1.39. The van der Waals surface area contributed by atoms with Gasteiger partial charge in [0.1, 0.15) is 0 Å². The lowest BCUT2D eigenvalue weighted by atomic mass is 10.0. The van der Waals surface area contributed by atoms with E-state index in [0.29, 0.717) is 12.5 Å². The molecule has 0 heterocycles. The van der Waals surface area contributed by atoms with Crippen LogP contribution >= 0.6 is 0 Å². The van der Waals surface area contributed by atoms with Gasteiger partial charge >= 0.3 is 0 Å². The van der Waals surface area contributed by atoms with Crippen molar-refractivity contribution in [1.29, 1.82) is 0 Å². The normalized spacial score (nSPS) is 12.0. The van der Waals surface area contributed by atoms with Crippen LogP contribution < -0.4 is 5.32 Å². The highest BCUT2D eigenvalue weighted by Gasteiger charge is 2.17. The Labute approximate surface area is 121 Å². The molecule has 0 spiro atoms. The molecule has 112 valence electrons. The fourth-order valence-electron chi connectivity index (χ4n) is 2.11. The second kappa shape index (κ2) is 6.86. The van der Waals surface area contributed by atoms with E-state index in [2.05, 4.69) is 19.2 Å². The Morgan fingerprint density at radius 1 is 1.30 bits per heavy atom. The summed E-state index contributed by atoms with van der Waals surface area (Å²) >= 11 is 0. The summed E-state index contributed by atoms with van der Waals surface area (Å²) in [6.45, 7) is 8.44. The number of hydrogen-bond acceptors (Lipinski definition) is 3. The van der Waals surface area contributed by atoms with E-state index in [0.717, 1.165) is 5.69 Å². The third kappa shape index (κ3) is 6.17. The maximum Gasteiger partial charge on any atom is 0.238 e. The van der Waals surface area contributed by atoms with Crippen LogP contribution in [0.15, 0.2) is 24.3 Å². The van der Waals surface area contributed by atoms with Crippen LogP contribution in [-0.2, 0) is 4.79 Å². The highest BCUT2D eigenvalue weighted by atomic mass is 16.3. The first-order valence-electron chi connectivity index (χ1n) is 6.98. The van der Waals surface area contributed by atoms with Gasteiger partial charge in [0, 0.05) is 12.2 Å². The average Bonchev–Trinajstić information content (AvgIpc) is 2.26. The fraction of sp³-hybridized carbons (Fsp3) is 0.562. The molecule has 20 heavy (non-hydrogen) atoms. The van der Waals surface area contributed by atoms with Crippen LogP contribution in [0, 0.1) is 0 Å². The van der Waals surface area contributed by atoms with Crippen molar-refractivity contribution >= 4 is 11.6 Å². The number of carbonyl (C=O) groups is 1. The van der Waals surface area contributed by atoms with Crippen LogP contribution in [0.4, 0.5) is 5.69 Å². The summed E-state index contributed by atoms with van der Waals surface area (Å²) in [6.07, 6.45) is 0. The summed E-state index contributed by atoms with van der Waals surface area (Å²) in [5.41, 5.74) is 1.26. The van der Waals surface area contributed by atoms with Gasteiger partial charge in [0.05, 0.1) is 12.1 Å². The Kier molecular flexibility index (Phi) is 5.72. The predicted octanol–water partition coefficient (Wildman–Crippen LogP) is 2.45. The Bertz CT molecular complexity index is 433. The monoisotopic (exact) mass is 278 g/mol. The first-order chi connectivity index (χ1) is 9.17. The maximum absolute atomic E-state index is 11.9. The summed E-state index contributed by atoms with van der Waals surface area (Å²) in [5.74, 6) is 0.409. The van der Waals surface area contributed by atoms with Gasteiger partial charge in [-0.05, 0) is 44.5 Å². The molecular formula is C16H26N2O2. The number of aliphatic hydroxyl groups is 1. The van der Waals surface area contributed by atoms with E-state index in [9.17, 15) is 9.90 Å². The molecule has 0 aliphatic carbocycles. The highest BCUT2D eigenvalue weighted by molar-refractivity contribution is 5.92. The third-order valence-corrected chi connectivity index (χ3v) is 2.93. The Morgan fingerprint density at radius 2 is 1.85 bits per heavy atom. The quantitative estimate of drug-likeness (QED) is 0.840. The van der Waals surface area contributed by atoms with E-state index in [1.165, 1.54) is 5.56 Å². The lowest BCUT2D eigenvalue weighted by Gasteiger charge is -2.24. The molecular weight excluding hydrogens is 252 g/mol. The Balaban J connectivity index is 2.50. The lowest BCUT2D eigenvalue weighted by Crippen LogP contribution is -2.40. The number of rotatable bonds is 6. The third-order valence-electron chi connectivity index (χ3n) is 2.93. The van der Waals surface area contributed by atoms with Crippen LogP contribution in [-0.4, -0.2) is 41.7 Å². The first-order valence-corrected chi connectivity index (χ1v) is 6.98. The summed E-state index contributed by atoms with van der Waals surface area (Å²) < 4.78 is 0. The van der Waals surface area contributed by atoms with E-state index in [-0.39, 0.29) is 12.5 Å². The van der Waals surface area contributed by atoms with Crippen molar-refractivity contribution in [2.45, 2.75) is 39.2 Å². The molecule has 4 heteroatoms. The summed E-state index contributed by atoms with van der Waals surface area (Å²) in [6, 6.07) is 7.90. The van der Waals surface area contributed by atoms with E-state index < -0.39 is 5.60 Å². The van der Waals surface area contributed by atoms with Crippen LogP contribution in [0.5, 0.6) is 0 Å². The molecule has 0 saturated heterocycles. The molecule has 1 rings (SSSR count). The molecule has 0 aromatic heterocycles. The second-order valence-corrected chi connectivity index (χ2v) is 6.31. The molecule has 1 amide bonds. The van der Waals surface area contributed by atoms with Gasteiger partial charge in [0.2, 0.25) is 5.91 Å². The van der Waals surface area contributed by atoms with Crippen LogP contribution in [0.1, 0.15) is 39.2 Å². The van der Waals surface area contributed by atoms with Gasteiger partial charge in [-0.3, -0.25) is 9.69 Å². The van der Waals surface area contributed by atoms with Crippen molar-refractivity contribution in [2.75, 3.05) is 25.5 Å². The largest absolute Gasteiger partial charge is 0.389 e. The molecule has 2 N–H and O–H groups in total. The number of likely N-dealkylation sites (N-methyl/N-ethyl adjacent to an activating group) is 1. The number of hydrogen-bond donors (Lipinski definition) is 2. The number of nitrogens with one attached hydrogen (secondary N) is 1. The van der Waals surface area contributed by atoms with Gasteiger partial charge in [0.25, 0.3) is 0 Å². The van der Waals surface area contributed by atoms with Crippen LogP contribution in [0.2, 0.25) is 0 Å². The van der Waals surface area contributed by atoms with E-state index in [1.54, 1.807) is 18.7 Å². The van der Waals surface area contributed by atoms with Crippen molar-refractivity contribution in [2.24, 2.45) is 0 Å². The van der Waals surface area contributed by atoms with Crippen LogP contribution in [0.25, 0.3) is 0 Å². The molecule has 1 aromatic carbocycles. The lowest BCUT2D eigenvalue weighted by molar-refractivity contribution is -0.117. The number of anilines is 1. The van der Waals surface area contributed by atoms with Gasteiger partial charge in [-0.2, -0.15) is 0 Å². The molecule has 0 radical (unpaired) electrons. The zero-order valence-electron chi connectivity index (χ0n) is 13.1. The average molecular weight is 278 g/mol. The van der Waals surface area contributed by atoms with Gasteiger partial charge < -0.3 is 10.4 Å². The van der Waals surface area contributed by atoms with Crippen molar-refractivity contribution in [3.05, 3.63) is 29.8 Å². The first kappa shape index (κ1) is 16.7. The molecule has 0 aliphatic rings. The maximum atomic E-state index is 11.9. The SMILES string of the molecule is CC(C)c1ccc(NC(=O)CN(C)CC(C)(C)O)cc1. The molecule has 1 aromatic rings. The minimum Gasteiger partial charge on any atom is -0.389 e. The molecule has 0 atom stereocenters. The van der Waals surface area contributed by atoms with Crippen LogP contribution in [0.3, 0.4) is 0 Å². The molecule has 0 fully saturated rings. The zero-order chi connectivity index (χ0) is 15.3. The number of amides is 1. The number of benzene rings is 1. The van der Waals surface area contributed by atoms with Crippen molar-refractivity contribution in [3.63, 3.8) is 0 Å². The minimum atomic E-state index is -0.798. The number of carbonyl (C=O) groups excluding carboxylic acids is 1. The zero-order valence-corrected chi connectivity index (χ0v) is 13.1. The molecule has 0 bridgehead atoms. The molecule has 4 nitrogen and oxygen atoms in total. The standard InChI is InChI=1S/C16H26N2O2/c1-12(2)13-6-8-14(9-7-13)17-15(19)10-18(5)11-16(3,4)20/h6-9,12,20H,10-11H2,1-5H3,(H,17,19). The summed E-state index contributed by atoms with van der Waals surface area (Å²) in [4.78, 5) is 13.7. The minimum absolute atomic E-state index is 0.0750. The summed E-state index contributed by atoms with van der Waals surface area (Å²) in [5, 5.41) is 12.6. The smallest absolute Gasteiger partial charge is 0.238 e. The topological polar surface area (TPSA) is 52.6 Å². The number of nitrogens with zero attached hydrogens (tertiary/aromatic N) is 1. The predicted molar refractivity (Wildman–Crippen MR) is 83.0 cm³/mol. The van der Waals surface area contributed by atoms with Gasteiger partial charge in [-0.1, -0.05) is 26.0 Å². The van der Waals surface area contributed by atoms with E-state index in [4.69, 9.17) is 0 Å². The van der Waals surface area contributed by atoms with Crippen molar-refractivity contribution in [3.8, 4) is 0 Å². The van der Waals surface area contributed by atoms with Gasteiger partial charge in [-0.25, -0.2) is 0 Å². The van der Waals surface area contributed by atoms with Crippen molar-refractivity contribution < 1.29 is 9.90 Å². The van der Waals surface area contributed by atoms with E-state index >= 15 is 0 Å². The highest BCUT2D eigenvalue weighted by Crippen LogP contribution is 2.17. The van der Waals surface area contributed by atoms with Crippen molar-refractivity contribution in [1.82, 2.24) is 4.90 Å². The molecule has 0 saturated carbocycles. The van der Waals surface area contributed by atoms with E-state index in [1.807, 2.05) is 31.3 Å². The molecule has 0 unspecified atom stereocenters. The summed E-state index contributed by atoms with van der Waals surface area (Å²) in [7, 11) is 1.82. The van der Waals surface area contributed by atoms with Gasteiger partial charge in [0.15, 0.2) is 0 Å². The second-order valence-electron chi connectivity index (χ2n) is 6.31. The molecule has 0 aliphatic heterocycles. The van der Waals surface area contributed by atoms with Gasteiger partial charge in [-0.15, -0.1) is 0 Å².